The van der Waals surface area contributed by atoms with Gasteiger partial charge in [-0.05, 0) is 55.8 Å². The molecule has 4 heteroatoms. The second-order valence-electron chi connectivity index (χ2n) is 6.93. The summed E-state index contributed by atoms with van der Waals surface area (Å²) < 4.78 is 0. The summed E-state index contributed by atoms with van der Waals surface area (Å²) in [6, 6.07) is 14.1. The zero-order chi connectivity index (χ0) is 18.7. The van der Waals surface area contributed by atoms with Crippen LogP contribution in [-0.4, -0.2) is 10.9 Å². The molecule has 1 amide bonds. The van der Waals surface area contributed by atoms with E-state index in [1.165, 1.54) is 5.56 Å². The first-order chi connectivity index (χ1) is 12.4. The van der Waals surface area contributed by atoms with Crippen molar-refractivity contribution in [3.05, 3.63) is 80.6 Å². The van der Waals surface area contributed by atoms with Crippen LogP contribution in [0.25, 0.3) is 10.9 Å². The molecule has 0 radical (unpaired) electrons. The SMILES string of the molecule is Cc1ccc(CNC(=O)CCc2cc3cc(C)cc(C)c3[nH]c2=O)cc1. The van der Waals surface area contributed by atoms with Crippen molar-refractivity contribution in [3.8, 4) is 0 Å². The third kappa shape index (κ3) is 4.20. The van der Waals surface area contributed by atoms with Crippen molar-refractivity contribution < 1.29 is 4.79 Å². The van der Waals surface area contributed by atoms with Crippen molar-refractivity contribution in [3.63, 3.8) is 0 Å². The number of benzene rings is 2. The van der Waals surface area contributed by atoms with Crippen LogP contribution in [0.5, 0.6) is 0 Å². The van der Waals surface area contributed by atoms with Crippen LogP contribution in [0, 0.1) is 20.8 Å². The van der Waals surface area contributed by atoms with Gasteiger partial charge in [0.05, 0.1) is 5.52 Å². The van der Waals surface area contributed by atoms with E-state index < -0.39 is 0 Å². The number of carbonyl (C=O) groups is 1. The molecule has 0 fully saturated rings. The molecular formula is C22H24N2O2. The number of nitrogens with one attached hydrogen (secondary N) is 2. The summed E-state index contributed by atoms with van der Waals surface area (Å²) in [6.07, 6.45) is 0.725. The fraction of sp³-hybridized carbons (Fsp3) is 0.273. The Hall–Kier alpha value is -2.88. The number of fused-ring (bicyclic) bond motifs is 1. The first kappa shape index (κ1) is 17.9. The number of aromatic nitrogens is 1. The average molecular weight is 348 g/mol. The number of aromatic amines is 1. The van der Waals surface area contributed by atoms with Crippen LogP contribution in [0.4, 0.5) is 0 Å². The van der Waals surface area contributed by atoms with E-state index in [-0.39, 0.29) is 11.5 Å². The van der Waals surface area contributed by atoms with Crippen LogP contribution in [-0.2, 0) is 17.8 Å². The third-order valence-corrected chi connectivity index (χ3v) is 4.60. The van der Waals surface area contributed by atoms with Gasteiger partial charge in [-0.25, -0.2) is 0 Å². The molecule has 134 valence electrons. The fourth-order valence-corrected chi connectivity index (χ4v) is 3.16. The maximum atomic E-state index is 12.3. The quantitative estimate of drug-likeness (QED) is 0.738. The van der Waals surface area contributed by atoms with Crippen LogP contribution in [0.2, 0.25) is 0 Å². The van der Waals surface area contributed by atoms with Crippen molar-refractivity contribution in [1.82, 2.24) is 10.3 Å². The smallest absolute Gasteiger partial charge is 0.251 e. The van der Waals surface area contributed by atoms with Gasteiger partial charge in [0.15, 0.2) is 0 Å². The van der Waals surface area contributed by atoms with Gasteiger partial charge in [0.25, 0.3) is 5.56 Å². The highest BCUT2D eigenvalue weighted by atomic mass is 16.1. The fourth-order valence-electron chi connectivity index (χ4n) is 3.16. The standard InChI is InChI=1S/C22H24N2O2/c1-14-4-6-17(7-5-14)13-23-20(25)9-8-18-12-19-11-15(2)10-16(3)21(19)24-22(18)26/h4-7,10-12H,8-9,13H2,1-3H3,(H,23,25)(H,24,26). The first-order valence-corrected chi connectivity index (χ1v) is 8.88. The zero-order valence-electron chi connectivity index (χ0n) is 15.5. The minimum atomic E-state index is -0.115. The zero-order valence-corrected chi connectivity index (χ0v) is 15.5. The molecule has 1 aromatic heterocycles. The molecule has 0 spiro atoms. The van der Waals surface area contributed by atoms with E-state index >= 15 is 0 Å². The number of aryl methyl sites for hydroxylation is 4. The van der Waals surface area contributed by atoms with Gasteiger partial charge in [-0.2, -0.15) is 0 Å². The topological polar surface area (TPSA) is 62.0 Å². The number of hydrogen-bond donors (Lipinski definition) is 2. The lowest BCUT2D eigenvalue weighted by Gasteiger charge is -2.08. The molecule has 0 aliphatic carbocycles. The van der Waals surface area contributed by atoms with Crippen LogP contribution in [0.1, 0.15) is 34.2 Å². The summed E-state index contributed by atoms with van der Waals surface area (Å²) in [4.78, 5) is 27.4. The van der Waals surface area contributed by atoms with E-state index in [1.807, 2.05) is 51.1 Å². The van der Waals surface area contributed by atoms with Gasteiger partial charge in [-0.3, -0.25) is 9.59 Å². The molecule has 0 saturated carbocycles. The molecule has 2 aromatic carbocycles. The highest BCUT2D eigenvalue weighted by Gasteiger charge is 2.08. The lowest BCUT2D eigenvalue weighted by Crippen LogP contribution is -2.24. The highest BCUT2D eigenvalue weighted by molar-refractivity contribution is 5.83. The predicted octanol–water partition coefficient (Wildman–Crippen LogP) is 3.70. The molecule has 2 N–H and O–H groups in total. The molecule has 1 heterocycles. The van der Waals surface area contributed by atoms with E-state index in [0.717, 1.165) is 27.6 Å². The maximum absolute atomic E-state index is 12.3. The molecule has 26 heavy (non-hydrogen) atoms. The second kappa shape index (κ2) is 7.56. The van der Waals surface area contributed by atoms with Crippen LogP contribution < -0.4 is 10.9 Å². The van der Waals surface area contributed by atoms with E-state index in [4.69, 9.17) is 0 Å². The average Bonchev–Trinajstić information content (AvgIpc) is 2.60. The minimum Gasteiger partial charge on any atom is -0.352 e. The van der Waals surface area contributed by atoms with E-state index in [2.05, 4.69) is 22.4 Å². The summed E-state index contributed by atoms with van der Waals surface area (Å²) in [6.45, 7) is 6.57. The van der Waals surface area contributed by atoms with Crippen molar-refractivity contribution in [2.75, 3.05) is 0 Å². The van der Waals surface area contributed by atoms with Gasteiger partial charge in [0.2, 0.25) is 5.91 Å². The molecular weight excluding hydrogens is 324 g/mol. The van der Waals surface area contributed by atoms with Crippen molar-refractivity contribution in [2.24, 2.45) is 0 Å². The van der Waals surface area contributed by atoms with Crippen LogP contribution in [0.3, 0.4) is 0 Å². The molecule has 0 saturated heterocycles. The summed E-state index contributed by atoms with van der Waals surface area (Å²) in [5.74, 6) is -0.0505. The number of H-pyrrole nitrogens is 1. The number of rotatable bonds is 5. The van der Waals surface area contributed by atoms with Crippen LogP contribution >= 0.6 is 0 Å². The summed E-state index contributed by atoms with van der Waals surface area (Å²) in [5, 5.41) is 3.92. The molecule has 0 atom stereocenters. The normalized spacial score (nSPS) is 10.9. The van der Waals surface area contributed by atoms with Gasteiger partial charge in [-0.1, -0.05) is 41.5 Å². The van der Waals surface area contributed by atoms with Crippen LogP contribution in [0.15, 0.2) is 47.3 Å². The van der Waals surface area contributed by atoms with Crippen molar-refractivity contribution in [1.29, 1.82) is 0 Å². The second-order valence-corrected chi connectivity index (χ2v) is 6.93. The van der Waals surface area contributed by atoms with Gasteiger partial charge >= 0.3 is 0 Å². The minimum absolute atomic E-state index is 0.0505. The van der Waals surface area contributed by atoms with Gasteiger partial charge in [-0.15, -0.1) is 0 Å². The molecule has 4 nitrogen and oxygen atoms in total. The molecule has 0 aliphatic heterocycles. The molecule has 3 rings (SSSR count). The lowest BCUT2D eigenvalue weighted by atomic mass is 10.0. The van der Waals surface area contributed by atoms with E-state index in [1.54, 1.807) is 0 Å². The Morgan fingerprint density at radius 1 is 1.00 bits per heavy atom. The van der Waals surface area contributed by atoms with Gasteiger partial charge in [0, 0.05) is 18.5 Å². The van der Waals surface area contributed by atoms with E-state index in [0.29, 0.717) is 24.9 Å². The lowest BCUT2D eigenvalue weighted by molar-refractivity contribution is -0.121. The van der Waals surface area contributed by atoms with Crippen molar-refractivity contribution >= 4 is 16.8 Å². The highest BCUT2D eigenvalue weighted by Crippen LogP contribution is 2.18. The Morgan fingerprint density at radius 3 is 2.46 bits per heavy atom. The molecule has 0 bridgehead atoms. The number of carbonyl (C=O) groups excluding carboxylic acids is 1. The predicted molar refractivity (Wildman–Crippen MR) is 105 cm³/mol. The Labute approximate surface area is 153 Å². The van der Waals surface area contributed by atoms with E-state index in [9.17, 15) is 9.59 Å². The maximum Gasteiger partial charge on any atom is 0.251 e. The monoisotopic (exact) mass is 348 g/mol. The number of amides is 1. The molecule has 0 unspecified atom stereocenters. The third-order valence-electron chi connectivity index (χ3n) is 4.60. The Kier molecular flexibility index (Phi) is 5.21. The first-order valence-electron chi connectivity index (χ1n) is 8.88. The number of hydrogen-bond acceptors (Lipinski definition) is 2. The Bertz CT molecular complexity index is 1000. The van der Waals surface area contributed by atoms with Crippen molar-refractivity contribution in [2.45, 2.75) is 40.2 Å². The van der Waals surface area contributed by atoms with Gasteiger partial charge in [0.1, 0.15) is 0 Å². The number of pyridine rings is 1. The Morgan fingerprint density at radius 2 is 1.73 bits per heavy atom. The van der Waals surface area contributed by atoms with Gasteiger partial charge < -0.3 is 10.3 Å². The Balaban J connectivity index is 1.65. The summed E-state index contributed by atoms with van der Waals surface area (Å²) >= 11 is 0. The largest absolute Gasteiger partial charge is 0.352 e. The molecule has 0 aliphatic rings. The summed E-state index contributed by atoms with van der Waals surface area (Å²) in [5.41, 5.74) is 5.87. The molecule has 3 aromatic rings. The summed E-state index contributed by atoms with van der Waals surface area (Å²) in [7, 11) is 0.